The molecule has 0 aliphatic heterocycles. The number of nitrogens with one attached hydrogen (secondary N) is 2. The second-order valence-electron chi connectivity index (χ2n) is 5.15. The third-order valence-electron chi connectivity index (χ3n) is 3.37. The van der Waals surface area contributed by atoms with Crippen molar-refractivity contribution in [3.8, 4) is 0 Å². The lowest BCUT2D eigenvalue weighted by Gasteiger charge is -2.14. The average molecular weight is 324 g/mol. The summed E-state index contributed by atoms with van der Waals surface area (Å²) in [6, 6.07) is 4.55. The maximum atomic E-state index is 13.5. The Bertz CT molecular complexity index is 680. The summed E-state index contributed by atoms with van der Waals surface area (Å²) in [6.07, 6.45) is -1.47. The van der Waals surface area contributed by atoms with Crippen molar-refractivity contribution in [1.82, 2.24) is 10.6 Å². The standard InChI is InChI=1S/C16H18F2N2O3/c1-9-6-11(10(2)23-9)7-19-16(22)20-8-14(21)15-12(17)4-3-5-13(15)18/h3-6,14,21H,7-8H2,1-2H3,(H2,19,20,22). The number of hydrogen-bond acceptors (Lipinski definition) is 3. The van der Waals surface area contributed by atoms with Gasteiger partial charge in [-0.2, -0.15) is 0 Å². The molecular formula is C16H18F2N2O3. The summed E-state index contributed by atoms with van der Waals surface area (Å²) in [7, 11) is 0. The van der Waals surface area contributed by atoms with Crippen LogP contribution in [0.15, 0.2) is 28.7 Å². The van der Waals surface area contributed by atoms with E-state index in [1.54, 1.807) is 19.9 Å². The van der Waals surface area contributed by atoms with Crippen molar-refractivity contribution in [2.24, 2.45) is 0 Å². The second-order valence-corrected chi connectivity index (χ2v) is 5.15. The molecule has 23 heavy (non-hydrogen) atoms. The molecular weight excluding hydrogens is 306 g/mol. The summed E-state index contributed by atoms with van der Waals surface area (Å²) in [5, 5.41) is 14.8. The Hall–Kier alpha value is -2.41. The molecule has 0 saturated carbocycles. The highest BCUT2D eigenvalue weighted by Gasteiger charge is 2.18. The Morgan fingerprint density at radius 2 is 1.91 bits per heavy atom. The Labute approximate surface area is 132 Å². The van der Waals surface area contributed by atoms with Gasteiger partial charge in [0.2, 0.25) is 0 Å². The van der Waals surface area contributed by atoms with Crippen molar-refractivity contribution in [2.45, 2.75) is 26.5 Å². The lowest BCUT2D eigenvalue weighted by molar-refractivity contribution is 0.164. The van der Waals surface area contributed by atoms with Crippen molar-refractivity contribution < 1.29 is 23.1 Å². The Morgan fingerprint density at radius 3 is 2.48 bits per heavy atom. The van der Waals surface area contributed by atoms with Crippen molar-refractivity contribution in [1.29, 1.82) is 0 Å². The molecule has 1 aromatic heterocycles. The van der Waals surface area contributed by atoms with Crippen molar-refractivity contribution in [3.05, 3.63) is 58.5 Å². The van der Waals surface area contributed by atoms with E-state index in [2.05, 4.69) is 10.6 Å². The topological polar surface area (TPSA) is 74.5 Å². The molecule has 1 heterocycles. The van der Waals surface area contributed by atoms with Gasteiger partial charge in [0, 0.05) is 18.7 Å². The molecule has 0 aliphatic rings. The smallest absolute Gasteiger partial charge is 0.315 e. The molecule has 124 valence electrons. The molecule has 0 bridgehead atoms. The zero-order valence-electron chi connectivity index (χ0n) is 12.8. The molecule has 2 rings (SSSR count). The molecule has 1 unspecified atom stereocenters. The number of aliphatic hydroxyl groups is 1. The maximum absolute atomic E-state index is 13.5. The lowest BCUT2D eigenvalue weighted by Crippen LogP contribution is -2.37. The quantitative estimate of drug-likeness (QED) is 0.791. The molecule has 0 aliphatic carbocycles. The zero-order chi connectivity index (χ0) is 17.0. The van der Waals surface area contributed by atoms with Crippen molar-refractivity contribution >= 4 is 6.03 Å². The monoisotopic (exact) mass is 324 g/mol. The van der Waals surface area contributed by atoms with E-state index >= 15 is 0 Å². The van der Waals surface area contributed by atoms with Crippen LogP contribution in [0, 0.1) is 25.5 Å². The molecule has 1 aromatic carbocycles. The first-order valence-electron chi connectivity index (χ1n) is 7.08. The Kier molecular flexibility index (Phi) is 5.33. The van der Waals surface area contributed by atoms with Gasteiger partial charge in [0.05, 0.1) is 5.56 Å². The summed E-state index contributed by atoms with van der Waals surface area (Å²) < 4.78 is 32.3. The number of aliphatic hydroxyl groups excluding tert-OH is 1. The summed E-state index contributed by atoms with van der Waals surface area (Å²) in [5.74, 6) is -0.269. The van der Waals surface area contributed by atoms with Crippen molar-refractivity contribution in [2.75, 3.05) is 6.54 Å². The van der Waals surface area contributed by atoms with Gasteiger partial charge < -0.3 is 20.2 Å². The number of benzene rings is 1. The van der Waals surface area contributed by atoms with E-state index in [1.807, 2.05) is 0 Å². The molecule has 1 atom stereocenters. The summed E-state index contributed by atoms with van der Waals surface area (Å²) in [5.41, 5.74) is 0.368. The zero-order valence-corrected chi connectivity index (χ0v) is 12.8. The number of amides is 2. The average Bonchev–Trinajstić information content (AvgIpc) is 2.80. The molecule has 0 saturated heterocycles. The molecule has 2 aromatic rings. The minimum Gasteiger partial charge on any atom is -0.466 e. The van der Waals surface area contributed by atoms with Gasteiger partial charge in [0.1, 0.15) is 29.3 Å². The SMILES string of the molecule is Cc1cc(CNC(=O)NCC(O)c2c(F)cccc2F)c(C)o1. The lowest BCUT2D eigenvalue weighted by atomic mass is 10.1. The van der Waals surface area contributed by atoms with Crippen LogP contribution >= 0.6 is 0 Å². The Balaban J connectivity index is 1.85. The maximum Gasteiger partial charge on any atom is 0.315 e. The molecule has 0 spiro atoms. The van der Waals surface area contributed by atoms with E-state index < -0.39 is 29.3 Å². The van der Waals surface area contributed by atoms with Crippen LogP contribution in [0.5, 0.6) is 0 Å². The third-order valence-corrected chi connectivity index (χ3v) is 3.37. The summed E-state index contributed by atoms with van der Waals surface area (Å²) >= 11 is 0. The first kappa shape index (κ1) is 17.0. The highest BCUT2D eigenvalue weighted by atomic mass is 19.1. The van der Waals surface area contributed by atoms with Gasteiger partial charge in [0.15, 0.2) is 0 Å². The van der Waals surface area contributed by atoms with E-state index in [0.717, 1.165) is 23.5 Å². The molecule has 2 amide bonds. The number of hydrogen-bond donors (Lipinski definition) is 3. The number of carbonyl (C=O) groups is 1. The van der Waals surface area contributed by atoms with Gasteiger partial charge in [-0.15, -0.1) is 0 Å². The largest absolute Gasteiger partial charge is 0.466 e. The highest BCUT2D eigenvalue weighted by Crippen LogP contribution is 2.19. The van der Waals surface area contributed by atoms with Crippen LogP contribution in [0.3, 0.4) is 0 Å². The van der Waals surface area contributed by atoms with Gasteiger partial charge in [-0.25, -0.2) is 13.6 Å². The molecule has 3 N–H and O–H groups in total. The van der Waals surface area contributed by atoms with E-state index in [1.165, 1.54) is 6.07 Å². The van der Waals surface area contributed by atoms with Crippen LogP contribution in [0.25, 0.3) is 0 Å². The minimum atomic E-state index is -1.47. The van der Waals surface area contributed by atoms with Crippen LogP contribution < -0.4 is 10.6 Å². The number of carbonyl (C=O) groups excluding carboxylic acids is 1. The van der Waals surface area contributed by atoms with Gasteiger partial charge >= 0.3 is 6.03 Å². The van der Waals surface area contributed by atoms with Crippen LogP contribution in [-0.2, 0) is 6.54 Å². The fourth-order valence-corrected chi connectivity index (χ4v) is 2.22. The van der Waals surface area contributed by atoms with E-state index in [4.69, 9.17) is 4.42 Å². The second kappa shape index (κ2) is 7.23. The molecule has 0 fully saturated rings. The fraction of sp³-hybridized carbons (Fsp3) is 0.312. The first-order valence-corrected chi connectivity index (χ1v) is 7.08. The summed E-state index contributed by atoms with van der Waals surface area (Å²) in [4.78, 5) is 11.7. The Morgan fingerprint density at radius 1 is 1.26 bits per heavy atom. The number of aryl methyl sites for hydroxylation is 2. The summed E-state index contributed by atoms with van der Waals surface area (Å²) in [6.45, 7) is 3.52. The van der Waals surface area contributed by atoms with Gasteiger partial charge in [0.25, 0.3) is 0 Å². The van der Waals surface area contributed by atoms with Gasteiger partial charge in [-0.05, 0) is 32.0 Å². The highest BCUT2D eigenvalue weighted by molar-refractivity contribution is 5.73. The normalized spacial score (nSPS) is 12.0. The van der Waals surface area contributed by atoms with Crippen LogP contribution in [0.2, 0.25) is 0 Å². The first-order chi connectivity index (χ1) is 10.9. The molecule has 5 nitrogen and oxygen atoms in total. The number of urea groups is 1. The van der Waals surface area contributed by atoms with Crippen LogP contribution in [0.4, 0.5) is 13.6 Å². The van der Waals surface area contributed by atoms with Gasteiger partial charge in [-0.1, -0.05) is 6.07 Å². The minimum absolute atomic E-state index is 0.249. The predicted octanol–water partition coefficient (Wildman–Crippen LogP) is 2.71. The van der Waals surface area contributed by atoms with Crippen molar-refractivity contribution in [3.63, 3.8) is 0 Å². The van der Waals surface area contributed by atoms with Gasteiger partial charge in [-0.3, -0.25) is 0 Å². The predicted molar refractivity (Wildman–Crippen MR) is 79.7 cm³/mol. The third kappa shape index (κ3) is 4.29. The van der Waals surface area contributed by atoms with Crippen LogP contribution in [-0.4, -0.2) is 17.7 Å². The molecule has 0 radical (unpaired) electrons. The number of furan rings is 1. The molecule has 7 heteroatoms. The number of rotatable bonds is 5. The number of halogens is 2. The fourth-order valence-electron chi connectivity index (χ4n) is 2.22. The van der Waals surface area contributed by atoms with E-state index in [-0.39, 0.29) is 13.1 Å². The van der Waals surface area contributed by atoms with E-state index in [0.29, 0.717) is 5.76 Å². The van der Waals surface area contributed by atoms with E-state index in [9.17, 15) is 18.7 Å². The van der Waals surface area contributed by atoms with Crippen LogP contribution in [0.1, 0.15) is 28.8 Å².